The van der Waals surface area contributed by atoms with Gasteiger partial charge in [0.05, 0.1) is 6.10 Å². The molecule has 2 atom stereocenters. The Morgan fingerprint density at radius 2 is 1.95 bits per heavy atom. The van der Waals surface area contributed by atoms with Crippen molar-refractivity contribution in [3.05, 3.63) is 53.4 Å². The van der Waals surface area contributed by atoms with E-state index in [9.17, 15) is 5.11 Å². The van der Waals surface area contributed by atoms with Crippen molar-refractivity contribution in [2.45, 2.75) is 44.6 Å². The smallest absolute Gasteiger partial charge is 0.231 e. The number of hydrogen-bond donors (Lipinski definition) is 1. The number of aliphatic hydroxyl groups is 1. The van der Waals surface area contributed by atoms with Gasteiger partial charge in [0.1, 0.15) is 6.10 Å². The first-order valence-electron chi connectivity index (χ1n) is 7.48. The second-order valence-corrected chi connectivity index (χ2v) is 9.46. The van der Waals surface area contributed by atoms with E-state index >= 15 is 0 Å². The van der Waals surface area contributed by atoms with Crippen LogP contribution in [0.3, 0.4) is 0 Å². The molecule has 0 spiro atoms. The summed E-state index contributed by atoms with van der Waals surface area (Å²) >= 11 is 0. The van der Waals surface area contributed by atoms with Crippen LogP contribution < -0.4 is 0 Å². The van der Waals surface area contributed by atoms with Crippen molar-refractivity contribution in [2.75, 3.05) is 0 Å². The first-order valence-corrected chi connectivity index (χ1v) is 9.80. The van der Waals surface area contributed by atoms with Gasteiger partial charge in [-0.15, -0.1) is 5.73 Å². The van der Waals surface area contributed by atoms with Crippen molar-refractivity contribution in [2.24, 2.45) is 0 Å². The van der Waals surface area contributed by atoms with Crippen molar-refractivity contribution >= 4 is 8.32 Å². The summed E-state index contributed by atoms with van der Waals surface area (Å²) in [6, 6.07) is 11.7. The first-order chi connectivity index (χ1) is 10.1. The molecule has 0 radical (unpaired) electrons. The van der Waals surface area contributed by atoms with Crippen LogP contribution >= 0.6 is 0 Å². The molecule has 0 bridgehead atoms. The molecule has 1 N–H and O–H groups in total. The Balaban J connectivity index is 2.25. The Morgan fingerprint density at radius 3 is 2.52 bits per heavy atom. The van der Waals surface area contributed by atoms with Gasteiger partial charge in [0.25, 0.3) is 0 Å². The van der Waals surface area contributed by atoms with Crippen LogP contribution in [0.25, 0.3) is 0 Å². The molecular formula is C18H22O2Si. The predicted octanol–water partition coefficient (Wildman–Crippen LogP) is 3.42. The third kappa shape index (κ3) is 3.37. The Morgan fingerprint density at radius 1 is 1.29 bits per heavy atom. The molecule has 1 aliphatic rings. The molecule has 110 valence electrons. The molecule has 21 heavy (non-hydrogen) atoms. The van der Waals surface area contributed by atoms with Crippen LogP contribution in [0.2, 0.25) is 12.1 Å². The topological polar surface area (TPSA) is 29.5 Å². The van der Waals surface area contributed by atoms with Crippen molar-refractivity contribution in [1.82, 2.24) is 0 Å². The highest BCUT2D eigenvalue weighted by Gasteiger charge is 2.45. The van der Waals surface area contributed by atoms with Crippen LogP contribution in [0.1, 0.15) is 25.8 Å². The van der Waals surface area contributed by atoms with E-state index in [2.05, 4.69) is 38.0 Å². The summed E-state index contributed by atoms with van der Waals surface area (Å²) in [6.07, 6.45) is -0.214. The number of benzene rings is 1. The third-order valence-corrected chi connectivity index (χ3v) is 8.63. The second kappa shape index (κ2) is 6.93. The lowest BCUT2D eigenvalue weighted by Crippen LogP contribution is -2.51. The number of rotatable bonds is 2. The molecule has 2 nitrogen and oxygen atoms in total. The van der Waals surface area contributed by atoms with E-state index in [0.29, 0.717) is 6.42 Å². The van der Waals surface area contributed by atoms with E-state index in [1.54, 1.807) is 0 Å². The summed E-state index contributed by atoms with van der Waals surface area (Å²) in [5.41, 5.74) is 3.92. The highest BCUT2D eigenvalue weighted by molar-refractivity contribution is 6.81. The molecule has 1 aliphatic heterocycles. The minimum absolute atomic E-state index is 0.205. The maximum atomic E-state index is 10.4. The summed E-state index contributed by atoms with van der Waals surface area (Å²) in [4.78, 5) is 0. The summed E-state index contributed by atoms with van der Waals surface area (Å²) in [6.45, 7) is 7.98. The Labute approximate surface area is 128 Å². The molecule has 1 aromatic carbocycles. The summed E-state index contributed by atoms with van der Waals surface area (Å²) < 4.78 is 6.33. The lowest BCUT2D eigenvalue weighted by atomic mass is 10.1. The van der Waals surface area contributed by atoms with Gasteiger partial charge in [0, 0.05) is 17.2 Å². The van der Waals surface area contributed by atoms with Gasteiger partial charge in [-0.25, -0.2) is 0 Å². The van der Waals surface area contributed by atoms with Crippen molar-refractivity contribution < 1.29 is 9.53 Å². The molecular weight excluding hydrogens is 276 g/mol. The molecule has 3 heteroatoms. The van der Waals surface area contributed by atoms with Crippen LogP contribution in [0, 0.1) is 11.8 Å². The monoisotopic (exact) mass is 298 g/mol. The lowest BCUT2D eigenvalue weighted by Gasteiger charge is -2.40. The highest BCUT2D eigenvalue weighted by atomic mass is 28.4. The van der Waals surface area contributed by atoms with Crippen molar-refractivity contribution in [1.29, 1.82) is 0 Å². The van der Waals surface area contributed by atoms with Gasteiger partial charge in [0.15, 0.2) is 0 Å². The summed E-state index contributed by atoms with van der Waals surface area (Å²) in [5, 5.41) is 11.3. The quantitative estimate of drug-likeness (QED) is 0.515. The van der Waals surface area contributed by atoms with E-state index in [1.807, 2.05) is 30.3 Å². The lowest BCUT2D eigenvalue weighted by molar-refractivity contribution is 0.116. The van der Waals surface area contributed by atoms with E-state index in [1.165, 1.54) is 0 Å². The average molecular weight is 298 g/mol. The van der Waals surface area contributed by atoms with Gasteiger partial charge < -0.3 is 9.53 Å². The summed E-state index contributed by atoms with van der Waals surface area (Å²) in [7, 11) is -2.13. The average Bonchev–Trinajstić information content (AvgIpc) is 2.53. The highest BCUT2D eigenvalue weighted by Crippen LogP contribution is 2.35. The zero-order chi connectivity index (χ0) is 15.3. The van der Waals surface area contributed by atoms with Gasteiger partial charge in [-0.2, -0.15) is 0 Å². The van der Waals surface area contributed by atoms with Crippen LogP contribution in [0.15, 0.2) is 47.8 Å². The number of aliphatic hydroxyl groups excluding tert-OH is 1. The first kappa shape index (κ1) is 15.8. The zero-order valence-electron chi connectivity index (χ0n) is 12.7. The molecule has 0 unspecified atom stereocenters. The number of hydrogen-bond acceptors (Lipinski definition) is 2. The minimum atomic E-state index is -2.13. The van der Waals surface area contributed by atoms with Gasteiger partial charge in [0.2, 0.25) is 8.32 Å². The molecule has 1 aromatic rings. The molecule has 0 aliphatic carbocycles. The minimum Gasteiger partial charge on any atom is -0.398 e. The standard InChI is InChI=1S/C18H22O2Si/c1-4-18-17(19)14-16(20-21(18,5-2)6-3)13-12-15-10-8-7-9-11-15/h7-11,16-17,19H,1,5-6,14H2,2-3H3/t16-,17-/m1/s1. The Kier molecular flexibility index (Phi) is 5.22. The van der Waals surface area contributed by atoms with Crippen LogP contribution in [0.4, 0.5) is 0 Å². The van der Waals surface area contributed by atoms with Crippen LogP contribution in [0.5, 0.6) is 0 Å². The van der Waals surface area contributed by atoms with Crippen molar-refractivity contribution in [3.63, 3.8) is 0 Å². The van der Waals surface area contributed by atoms with Gasteiger partial charge >= 0.3 is 0 Å². The largest absolute Gasteiger partial charge is 0.398 e. The zero-order valence-corrected chi connectivity index (χ0v) is 13.7. The van der Waals surface area contributed by atoms with E-state index in [0.717, 1.165) is 22.8 Å². The summed E-state index contributed by atoms with van der Waals surface area (Å²) in [5.74, 6) is 6.32. The van der Waals surface area contributed by atoms with Crippen LogP contribution in [-0.2, 0) is 4.43 Å². The molecule has 1 saturated heterocycles. The second-order valence-electron chi connectivity index (χ2n) is 5.29. The van der Waals surface area contributed by atoms with E-state index < -0.39 is 14.4 Å². The molecule has 0 saturated carbocycles. The predicted molar refractivity (Wildman–Crippen MR) is 88.2 cm³/mol. The third-order valence-electron chi connectivity index (χ3n) is 4.11. The maximum Gasteiger partial charge on any atom is 0.231 e. The van der Waals surface area contributed by atoms with Crippen LogP contribution in [-0.4, -0.2) is 25.6 Å². The van der Waals surface area contributed by atoms with E-state index in [4.69, 9.17) is 4.43 Å². The molecule has 1 heterocycles. The normalized spacial score (nSPS) is 23.9. The fraction of sp³-hybridized carbons (Fsp3) is 0.389. The van der Waals surface area contributed by atoms with E-state index in [-0.39, 0.29) is 6.10 Å². The fourth-order valence-corrected chi connectivity index (χ4v) is 6.33. The van der Waals surface area contributed by atoms with Gasteiger partial charge in [-0.05, 0) is 24.2 Å². The SMILES string of the molecule is C=C=C1[C@H](O)C[C@@H](C#Cc2ccccc2)O[Si]1(CC)CC. The maximum absolute atomic E-state index is 10.4. The molecule has 0 aromatic heterocycles. The molecule has 1 fully saturated rings. The molecule has 0 amide bonds. The van der Waals surface area contributed by atoms with Gasteiger partial charge in [-0.1, -0.05) is 50.5 Å². The van der Waals surface area contributed by atoms with Crippen molar-refractivity contribution in [3.8, 4) is 11.8 Å². The fourth-order valence-electron chi connectivity index (χ4n) is 2.86. The Hall–Kier alpha value is -1.56. The molecule has 2 rings (SSSR count). The Bertz CT molecular complexity index is 587. The van der Waals surface area contributed by atoms with Gasteiger partial charge in [-0.3, -0.25) is 0 Å².